The third kappa shape index (κ3) is 2.99. The Labute approximate surface area is 111 Å². The standard InChI is InChI=1S/C15H18F2O2/c16-14-12(18-8-10-2-1-3-10)6-7-13(15(14)17)19-9-11-4-5-11/h6-7,10-11H,1-5,8-9H2. The summed E-state index contributed by atoms with van der Waals surface area (Å²) in [4.78, 5) is 0. The van der Waals surface area contributed by atoms with Gasteiger partial charge < -0.3 is 9.47 Å². The fourth-order valence-electron chi connectivity index (χ4n) is 2.10. The molecule has 3 rings (SSSR count). The average molecular weight is 268 g/mol. The van der Waals surface area contributed by atoms with Gasteiger partial charge in [0.25, 0.3) is 0 Å². The Morgan fingerprint density at radius 1 is 0.842 bits per heavy atom. The molecule has 0 unspecified atom stereocenters. The highest BCUT2D eigenvalue weighted by atomic mass is 19.2. The molecule has 1 aromatic carbocycles. The van der Waals surface area contributed by atoms with Crippen LogP contribution in [0.5, 0.6) is 11.5 Å². The van der Waals surface area contributed by atoms with Gasteiger partial charge in [0, 0.05) is 0 Å². The Morgan fingerprint density at radius 3 is 1.68 bits per heavy atom. The molecular formula is C15H18F2O2. The monoisotopic (exact) mass is 268 g/mol. The Hall–Kier alpha value is -1.32. The number of hydrogen-bond donors (Lipinski definition) is 0. The van der Waals surface area contributed by atoms with E-state index in [9.17, 15) is 8.78 Å². The van der Waals surface area contributed by atoms with Crippen molar-refractivity contribution in [3.8, 4) is 11.5 Å². The highest BCUT2D eigenvalue weighted by molar-refractivity contribution is 5.35. The minimum Gasteiger partial charge on any atom is -0.490 e. The second kappa shape index (κ2) is 5.35. The zero-order valence-electron chi connectivity index (χ0n) is 10.8. The van der Waals surface area contributed by atoms with Crippen molar-refractivity contribution in [3.05, 3.63) is 23.8 Å². The fraction of sp³-hybridized carbons (Fsp3) is 0.600. The molecule has 0 N–H and O–H groups in total. The lowest BCUT2D eigenvalue weighted by Gasteiger charge is -2.25. The maximum atomic E-state index is 13.8. The molecule has 104 valence electrons. The van der Waals surface area contributed by atoms with Crippen LogP contribution in [0.2, 0.25) is 0 Å². The number of halogens is 2. The molecule has 0 spiro atoms. The molecule has 0 amide bonds. The highest BCUT2D eigenvalue weighted by Gasteiger charge is 2.24. The van der Waals surface area contributed by atoms with Crippen molar-refractivity contribution in [2.45, 2.75) is 32.1 Å². The van der Waals surface area contributed by atoms with E-state index < -0.39 is 11.6 Å². The van der Waals surface area contributed by atoms with Crippen molar-refractivity contribution >= 4 is 0 Å². The van der Waals surface area contributed by atoms with Gasteiger partial charge in [0.2, 0.25) is 11.6 Å². The summed E-state index contributed by atoms with van der Waals surface area (Å²) in [5.41, 5.74) is 0. The lowest BCUT2D eigenvalue weighted by molar-refractivity contribution is 0.173. The van der Waals surface area contributed by atoms with Gasteiger partial charge >= 0.3 is 0 Å². The van der Waals surface area contributed by atoms with Crippen molar-refractivity contribution < 1.29 is 18.3 Å². The number of ether oxygens (including phenoxy) is 2. The van der Waals surface area contributed by atoms with Crippen molar-refractivity contribution in [1.29, 1.82) is 0 Å². The summed E-state index contributed by atoms with van der Waals surface area (Å²) in [5, 5.41) is 0. The van der Waals surface area contributed by atoms with Crippen LogP contribution in [0, 0.1) is 23.5 Å². The van der Waals surface area contributed by atoms with Crippen molar-refractivity contribution in [2.75, 3.05) is 13.2 Å². The lowest BCUT2D eigenvalue weighted by atomic mass is 9.86. The molecule has 4 heteroatoms. The van der Waals surface area contributed by atoms with Crippen LogP contribution in [-0.4, -0.2) is 13.2 Å². The molecule has 0 aliphatic heterocycles. The largest absolute Gasteiger partial charge is 0.490 e. The van der Waals surface area contributed by atoms with Crippen LogP contribution >= 0.6 is 0 Å². The van der Waals surface area contributed by atoms with Gasteiger partial charge in [0.1, 0.15) is 0 Å². The van der Waals surface area contributed by atoms with E-state index in [0.29, 0.717) is 25.0 Å². The van der Waals surface area contributed by atoms with E-state index in [1.54, 1.807) is 0 Å². The Bertz CT molecular complexity index is 454. The average Bonchev–Trinajstić information content (AvgIpc) is 3.15. The third-order valence-corrected chi connectivity index (χ3v) is 3.88. The zero-order chi connectivity index (χ0) is 13.2. The van der Waals surface area contributed by atoms with E-state index in [-0.39, 0.29) is 11.5 Å². The first-order valence-corrected chi connectivity index (χ1v) is 6.97. The molecule has 0 heterocycles. The highest BCUT2D eigenvalue weighted by Crippen LogP contribution is 2.33. The first-order valence-electron chi connectivity index (χ1n) is 6.97. The molecule has 2 aliphatic carbocycles. The van der Waals surface area contributed by atoms with Crippen molar-refractivity contribution in [2.24, 2.45) is 11.8 Å². The molecule has 0 bridgehead atoms. The second-order valence-electron chi connectivity index (χ2n) is 5.55. The summed E-state index contributed by atoms with van der Waals surface area (Å²) in [5.74, 6) is -0.895. The van der Waals surface area contributed by atoms with Gasteiger partial charge in [-0.1, -0.05) is 6.42 Å². The minimum absolute atomic E-state index is 0.0110. The Morgan fingerprint density at radius 2 is 1.32 bits per heavy atom. The molecule has 19 heavy (non-hydrogen) atoms. The van der Waals surface area contributed by atoms with E-state index in [1.807, 2.05) is 0 Å². The Balaban J connectivity index is 1.61. The third-order valence-electron chi connectivity index (χ3n) is 3.88. The van der Waals surface area contributed by atoms with Gasteiger partial charge in [0.15, 0.2) is 11.5 Å². The molecular weight excluding hydrogens is 250 g/mol. The van der Waals surface area contributed by atoms with Crippen LogP contribution in [-0.2, 0) is 0 Å². The van der Waals surface area contributed by atoms with Crippen LogP contribution in [0.3, 0.4) is 0 Å². The molecule has 2 saturated carbocycles. The van der Waals surface area contributed by atoms with Crippen LogP contribution in [0.15, 0.2) is 12.1 Å². The first kappa shape index (κ1) is 12.7. The predicted octanol–water partition coefficient (Wildman–Crippen LogP) is 3.93. The maximum absolute atomic E-state index is 13.8. The molecule has 0 radical (unpaired) electrons. The van der Waals surface area contributed by atoms with Gasteiger partial charge in [0.05, 0.1) is 13.2 Å². The summed E-state index contributed by atoms with van der Waals surface area (Å²) in [6.45, 7) is 0.942. The molecule has 2 nitrogen and oxygen atoms in total. The fourth-order valence-corrected chi connectivity index (χ4v) is 2.10. The number of benzene rings is 1. The van der Waals surface area contributed by atoms with E-state index in [1.165, 1.54) is 18.6 Å². The van der Waals surface area contributed by atoms with Gasteiger partial charge in [-0.3, -0.25) is 0 Å². The normalized spacial score (nSPS) is 19.1. The maximum Gasteiger partial charge on any atom is 0.204 e. The van der Waals surface area contributed by atoms with Crippen LogP contribution < -0.4 is 9.47 Å². The van der Waals surface area contributed by atoms with Crippen molar-refractivity contribution in [3.63, 3.8) is 0 Å². The molecule has 0 saturated heterocycles. The zero-order valence-corrected chi connectivity index (χ0v) is 10.8. The SMILES string of the molecule is Fc1c(OCC2CCC2)ccc(OCC2CC2)c1F. The lowest BCUT2D eigenvalue weighted by Crippen LogP contribution is -2.19. The molecule has 1 aromatic rings. The first-order chi connectivity index (χ1) is 9.24. The van der Waals surface area contributed by atoms with E-state index in [0.717, 1.165) is 25.7 Å². The quantitative estimate of drug-likeness (QED) is 0.778. The van der Waals surface area contributed by atoms with Crippen molar-refractivity contribution in [1.82, 2.24) is 0 Å². The van der Waals surface area contributed by atoms with E-state index in [2.05, 4.69) is 0 Å². The van der Waals surface area contributed by atoms with E-state index in [4.69, 9.17) is 9.47 Å². The predicted molar refractivity (Wildman–Crippen MR) is 67.4 cm³/mol. The number of hydrogen-bond acceptors (Lipinski definition) is 2. The van der Waals surface area contributed by atoms with Crippen LogP contribution in [0.25, 0.3) is 0 Å². The van der Waals surface area contributed by atoms with Crippen LogP contribution in [0.1, 0.15) is 32.1 Å². The van der Waals surface area contributed by atoms with E-state index >= 15 is 0 Å². The summed E-state index contributed by atoms with van der Waals surface area (Å²) in [6, 6.07) is 2.91. The summed E-state index contributed by atoms with van der Waals surface area (Å²) < 4.78 is 38.2. The molecule has 0 atom stereocenters. The van der Waals surface area contributed by atoms with Gasteiger partial charge in [-0.25, -0.2) is 0 Å². The number of rotatable bonds is 6. The smallest absolute Gasteiger partial charge is 0.204 e. The minimum atomic E-state index is -0.938. The Kier molecular flexibility index (Phi) is 3.58. The summed E-state index contributed by atoms with van der Waals surface area (Å²) >= 11 is 0. The topological polar surface area (TPSA) is 18.5 Å². The summed E-state index contributed by atoms with van der Waals surface area (Å²) in [6.07, 6.45) is 5.68. The van der Waals surface area contributed by atoms with Gasteiger partial charge in [-0.2, -0.15) is 8.78 Å². The van der Waals surface area contributed by atoms with Gasteiger partial charge in [-0.05, 0) is 49.7 Å². The van der Waals surface area contributed by atoms with Crippen LogP contribution in [0.4, 0.5) is 8.78 Å². The summed E-state index contributed by atoms with van der Waals surface area (Å²) in [7, 11) is 0. The molecule has 0 aromatic heterocycles. The van der Waals surface area contributed by atoms with Gasteiger partial charge in [-0.15, -0.1) is 0 Å². The second-order valence-corrected chi connectivity index (χ2v) is 5.55. The molecule has 2 aliphatic rings. The molecule has 2 fully saturated rings.